The van der Waals surface area contributed by atoms with E-state index in [4.69, 9.17) is 5.11 Å². The fourth-order valence-corrected chi connectivity index (χ4v) is 2.15. The van der Waals surface area contributed by atoms with Crippen LogP contribution < -0.4 is 4.90 Å². The summed E-state index contributed by atoms with van der Waals surface area (Å²) in [4.78, 5) is 25.1. The zero-order chi connectivity index (χ0) is 16.0. The lowest BCUT2D eigenvalue weighted by Crippen LogP contribution is -2.40. The normalized spacial score (nSPS) is 12.2. The highest BCUT2D eigenvalue weighted by Crippen LogP contribution is 2.22. The molecule has 0 spiro atoms. The zero-order valence-electron chi connectivity index (χ0n) is 12.7. The fraction of sp³-hybridized carbons (Fsp3) is 0.500. The van der Waals surface area contributed by atoms with Crippen LogP contribution in [-0.2, 0) is 9.59 Å². The maximum absolute atomic E-state index is 13.0. The van der Waals surface area contributed by atoms with Crippen molar-refractivity contribution in [3.63, 3.8) is 0 Å². The van der Waals surface area contributed by atoms with Gasteiger partial charge in [0.05, 0.1) is 5.92 Å². The minimum Gasteiger partial charge on any atom is -0.481 e. The fourth-order valence-electron chi connectivity index (χ4n) is 2.15. The minimum absolute atomic E-state index is 0.0797. The van der Waals surface area contributed by atoms with Gasteiger partial charge in [0.15, 0.2) is 0 Å². The molecule has 0 radical (unpaired) electrons. The lowest BCUT2D eigenvalue weighted by molar-refractivity contribution is -0.140. The van der Waals surface area contributed by atoms with Crippen LogP contribution in [0.1, 0.15) is 33.6 Å². The van der Waals surface area contributed by atoms with E-state index >= 15 is 0 Å². The van der Waals surface area contributed by atoms with Crippen molar-refractivity contribution in [3.8, 4) is 0 Å². The van der Waals surface area contributed by atoms with Crippen LogP contribution in [0.3, 0.4) is 0 Å². The maximum atomic E-state index is 13.0. The number of halogens is 1. The molecule has 1 aromatic carbocycles. The van der Waals surface area contributed by atoms with Crippen LogP contribution in [0.4, 0.5) is 10.1 Å². The Morgan fingerprint density at radius 1 is 1.19 bits per heavy atom. The number of carbonyl (C=O) groups excluding carboxylic acids is 1. The molecule has 5 heteroatoms. The molecule has 0 aliphatic carbocycles. The van der Waals surface area contributed by atoms with Crippen molar-refractivity contribution >= 4 is 17.6 Å². The Balaban J connectivity index is 3.07. The van der Waals surface area contributed by atoms with E-state index in [2.05, 4.69) is 0 Å². The van der Waals surface area contributed by atoms with Crippen molar-refractivity contribution < 1.29 is 19.1 Å². The first-order valence-electron chi connectivity index (χ1n) is 7.20. The lowest BCUT2D eigenvalue weighted by atomic mass is 10.0. The summed E-state index contributed by atoms with van der Waals surface area (Å²) < 4.78 is 13.0. The van der Waals surface area contributed by atoms with Crippen LogP contribution in [-0.4, -0.2) is 23.5 Å². The van der Waals surface area contributed by atoms with Crippen LogP contribution in [0, 0.1) is 17.7 Å². The van der Waals surface area contributed by atoms with Gasteiger partial charge in [0.1, 0.15) is 5.82 Å². The predicted octanol–water partition coefficient (Wildman–Crippen LogP) is 3.32. The van der Waals surface area contributed by atoms with Gasteiger partial charge >= 0.3 is 5.97 Å². The van der Waals surface area contributed by atoms with E-state index in [1.54, 1.807) is 6.92 Å². The molecule has 1 N–H and O–H groups in total. The molecule has 116 valence electrons. The number of carboxylic acid groups (broad SMARTS) is 1. The van der Waals surface area contributed by atoms with Crippen molar-refractivity contribution in [1.82, 2.24) is 0 Å². The first-order valence-corrected chi connectivity index (χ1v) is 7.20. The third kappa shape index (κ3) is 4.55. The van der Waals surface area contributed by atoms with Crippen molar-refractivity contribution in [2.45, 2.75) is 33.6 Å². The van der Waals surface area contributed by atoms with E-state index in [1.807, 2.05) is 13.8 Å². The third-order valence-corrected chi connectivity index (χ3v) is 3.62. The highest BCUT2D eigenvalue weighted by atomic mass is 19.1. The van der Waals surface area contributed by atoms with Crippen LogP contribution in [0.5, 0.6) is 0 Å². The summed E-state index contributed by atoms with van der Waals surface area (Å²) in [6, 6.07) is 5.55. The molecule has 1 aromatic rings. The van der Waals surface area contributed by atoms with Gasteiger partial charge in [-0.25, -0.2) is 4.39 Å². The largest absolute Gasteiger partial charge is 0.481 e. The smallest absolute Gasteiger partial charge is 0.308 e. The Morgan fingerprint density at radius 2 is 1.71 bits per heavy atom. The molecule has 0 fully saturated rings. The number of carboxylic acids is 1. The first-order chi connectivity index (χ1) is 9.90. The van der Waals surface area contributed by atoms with Gasteiger partial charge in [0.25, 0.3) is 0 Å². The summed E-state index contributed by atoms with van der Waals surface area (Å²) in [5.41, 5.74) is 0.529. The summed E-state index contributed by atoms with van der Waals surface area (Å²) in [5.74, 6) is -2.30. The number of carbonyl (C=O) groups is 2. The monoisotopic (exact) mass is 295 g/mol. The van der Waals surface area contributed by atoms with E-state index in [-0.39, 0.29) is 24.2 Å². The van der Waals surface area contributed by atoms with Gasteiger partial charge in [-0.3, -0.25) is 9.59 Å². The summed E-state index contributed by atoms with van der Waals surface area (Å²) in [6.07, 6.45) is 1.38. The SMILES string of the molecule is CCC(CC)C(=O)N(CC(C)C(=O)O)c1ccc(F)cc1. The molecule has 1 atom stereocenters. The number of anilines is 1. The maximum Gasteiger partial charge on any atom is 0.308 e. The van der Waals surface area contributed by atoms with Crippen LogP contribution in [0.2, 0.25) is 0 Å². The third-order valence-electron chi connectivity index (χ3n) is 3.62. The van der Waals surface area contributed by atoms with Gasteiger partial charge in [-0.2, -0.15) is 0 Å². The van der Waals surface area contributed by atoms with Gasteiger partial charge in [-0.15, -0.1) is 0 Å². The number of nitrogens with zero attached hydrogens (tertiary/aromatic N) is 1. The second-order valence-electron chi connectivity index (χ2n) is 5.18. The van der Waals surface area contributed by atoms with Gasteiger partial charge in [0, 0.05) is 18.2 Å². The van der Waals surface area contributed by atoms with E-state index < -0.39 is 11.9 Å². The molecule has 0 aromatic heterocycles. The highest BCUT2D eigenvalue weighted by Gasteiger charge is 2.26. The molecule has 21 heavy (non-hydrogen) atoms. The molecule has 4 nitrogen and oxygen atoms in total. The van der Waals surface area contributed by atoms with E-state index in [1.165, 1.54) is 29.2 Å². The number of benzene rings is 1. The molecule has 0 saturated heterocycles. The van der Waals surface area contributed by atoms with Gasteiger partial charge in [-0.1, -0.05) is 20.8 Å². The minimum atomic E-state index is -0.959. The van der Waals surface area contributed by atoms with Gasteiger partial charge in [-0.05, 0) is 37.1 Å². The molecule has 0 saturated carbocycles. The van der Waals surface area contributed by atoms with Crippen molar-refractivity contribution in [2.24, 2.45) is 11.8 Å². The molecule has 1 unspecified atom stereocenters. The highest BCUT2D eigenvalue weighted by molar-refractivity contribution is 5.95. The number of aliphatic carboxylic acids is 1. The summed E-state index contributed by atoms with van der Waals surface area (Å²) >= 11 is 0. The Kier molecular flexibility index (Phi) is 6.34. The molecule has 0 aliphatic heterocycles. The quantitative estimate of drug-likeness (QED) is 0.839. The van der Waals surface area contributed by atoms with E-state index in [0.717, 1.165) is 0 Å². The van der Waals surface area contributed by atoms with E-state index in [0.29, 0.717) is 18.5 Å². The predicted molar refractivity (Wildman–Crippen MR) is 79.6 cm³/mol. The second-order valence-corrected chi connectivity index (χ2v) is 5.18. The Morgan fingerprint density at radius 3 is 2.14 bits per heavy atom. The zero-order valence-corrected chi connectivity index (χ0v) is 12.7. The Hall–Kier alpha value is -1.91. The lowest BCUT2D eigenvalue weighted by Gasteiger charge is -2.28. The average Bonchev–Trinajstić information content (AvgIpc) is 2.46. The molecular weight excluding hydrogens is 273 g/mol. The van der Waals surface area contributed by atoms with Gasteiger partial charge < -0.3 is 10.0 Å². The first kappa shape index (κ1) is 17.1. The number of hydrogen-bond acceptors (Lipinski definition) is 2. The summed E-state index contributed by atoms with van der Waals surface area (Å²) in [5, 5.41) is 9.06. The molecule has 0 aliphatic rings. The summed E-state index contributed by atoms with van der Waals surface area (Å²) in [7, 11) is 0. The van der Waals surface area contributed by atoms with E-state index in [9.17, 15) is 14.0 Å². The van der Waals surface area contributed by atoms with Crippen molar-refractivity contribution in [1.29, 1.82) is 0 Å². The van der Waals surface area contributed by atoms with Gasteiger partial charge in [0.2, 0.25) is 5.91 Å². The number of amides is 1. The van der Waals surface area contributed by atoms with Crippen LogP contribution >= 0.6 is 0 Å². The molecule has 1 amide bonds. The average molecular weight is 295 g/mol. The van der Waals surface area contributed by atoms with Crippen LogP contribution in [0.25, 0.3) is 0 Å². The van der Waals surface area contributed by atoms with Crippen LogP contribution in [0.15, 0.2) is 24.3 Å². The number of rotatable bonds is 7. The molecule has 0 bridgehead atoms. The van der Waals surface area contributed by atoms with Crippen molar-refractivity contribution in [3.05, 3.63) is 30.1 Å². The van der Waals surface area contributed by atoms with Crippen molar-refractivity contribution in [2.75, 3.05) is 11.4 Å². The molecular formula is C16H22FNO3. The Labute approximate surface area is 124 Å². The summed E-state index contributed by atoms with van der Waals surface area (Å²) in [6.45, 7) is 5.49. The Bertz CT molecular complexity index is 483. The second kappa shape index (κ2) is 7.76. The molecule has 1 rings (SSSR count). The number of hydrogen-bond donors (Lipinski definition) is 1. The standard InChI is InChI=1S/C16H22FNO3/c1-4-12(5-2)15(19)18(10-11(3)16(20)21)14-8-6-13(17)7-9-14/h6-9,11-12H,4-5,10H2,1-3H3,(H,20,21). The molecule has 0 heterocycles. The topological polar surface area (TPSA) is 57.6 Å².